The summed E-state index contributed by atoms with van der Waals surface area (Å²) in [5.74, 6) is 0. The Bertz CT molecular complexity index is 979. The van der Waals surface area contributed by atoms with Crippen LogP contribution in [0.5, 0.6) is 0 Å². The summed E-state index contributed by atoms with van der Waals surface area (Å²) in [6.07, 6.45) is -3.26. The number of nitrogens with zero attached hydrogens (tertiary/aromatic N) is 4. The zero-order valence-electron chi connectivity index (χ0n) is 15.1. The number of halogens is 3. The second-order valence-electron chi connectivity index (χ2n) is 6.74. The van der Waals surface area contributed by atoms with E-state index in [1.54, 1.807) is 24.3 Å². The first kappa shape index (κ1) is 18.7. The number of morpholine rings is 1. The molecule has 0 atom stereocenters. The fourth-order valence-corrected chi connectivity index (χ4v) is 3.35. The lowest BCUT2D eigenvalue weighted by molar-refractivity contribution is -0.136. The molecule has 1 fully saturated rings. The van der Waals surface area contributed by atoms with Crippen LogP contribution in [0.1, 0.15) is 5.56 Å². The number of fused-ring (bicyclic) bond motifs is 1. The Kier molecular flexibility index (Phi) is 4.94. The van der Waals surface area contributed by atoms with Gasteiger partial charge in [0.1, 0.15) is 0 Å². The summed E-state index contributed by atoms with van der Waals surface area (Å²) in [4.78, 5) is 6.68. The van der Waals surface area contributed by atoms with E-state index in [9.17, 15) is 13.2 Å². The first-order valence-electron chi connectivity index (χ1n) is 9.01. The van der Waals surface area contributed by atoms with Crippen LogP contribution in [0.3, 0.4) is 0 Å². The molecule has 2 aromatic heterocycles. The molecule has 148 valence electrons. The minimum Gasteiger partial charge on any atom is -0.399 e. The second-order valence-corrected chi connectivity index (χ2v) is 6.74. The van der Waals surface area contributed by atoms with Crippen LogP contribution in [0, 0.1) is 0 Å². The lowest BCUT2D eigenvalue weighted by Gasteiger charge is -2.26. The molecule has 0 radical (unpaired) electrons. The highest BCUT2D eigenvalue weighted by Gasteiger charge is 2.34. The molecule has 1 aliphatic heterocycles. The van der Waals surface area contributed by atoms with Gasteiger partial charge in [-0.3, -0.25) is 4.90 Å². The van der Waals surface area contributed by atoms with Crippen LogP contribution in [-0.2, 0) is 17.5 Å². The summed E-state index contributed by atoms with van der Waals surface area (Å²) in [5.41, 5.74) is 6.49. The summed E-state index contributed by atoms with van der Waals surface area (Å²) in [7, 11) is 0. The number of nitrogen functional groups attached to an aromatic ring is 1. The molecule has 0 aliphatic carbocycles. The van der Waals surface area contributed by atoms with Crippen LogP contribution in [0.15, 0.2) is 36.5 Å². The molecular weight excluding hydrogens is 371 g/mol. The molecule has 0 amide bonds. The number of pyridine rings is 1. The molecule has 1 aliphatic rings. The molecule has 0 spiro atoms. The Labute approximate surface area is 159 Å². The third-order valence-electron chi connectivity index (χ3n) is 4.83. The van der Waals surface area contributed by atoms with E-state index in [1.165, 1.54) is 10.9 Å². The Morgan fingerprint density at radius 1 is 1.11 bits per heavy atom. The van der Waals surface area contributed by atoms with Gasteiger partial charge in [0.25, 0.3) is 0 Å². The van der Waals surface area contributed by atoms with Gasteiger partial charge in [-0.1, -0.05) is 12.1 Å². The van der Waals surface area contributed by atoms with Crippen molar-refractivity contribution in [1.29, 1.82) is 0 Å². The van der Waals surface area contributed by atoms with Gasteiger partial charge in [0, 0.05) is 30.9 Å². The highest BCUT2D eigenvalue weighted by molar-refractivity contribution is 5.83. The van der Waals surface area contributed by atoms with E-state index in [2.05, 4.69) is 15.0 Å². The van der Waals surface area contributed by atoms with E-state index >= 15 is 0 Å². The number of alkyl halides is 3. The Balaban J connectivity index is 1.74. The van der Waals surface area contributed by atoms with Crippen molar-refractivity contribution in [2.24, 2.45) is 0 Å². The quantitative estimate of drug-likeness (QED) is 0.693. The van der Waals surface area contributed by atoms with Crippen LogP contribution < -0.4 is 5.73 Å². The third kappa shape index (κ3) is 3.81. The van der Waals surface area contributed by atoms with Crippen LogP contribution in [0.4, 0.5) is 18.9 Å². The lowest BCUT2D eigenvalue weighted by atomic mass is 10.1. The van der Waals surface area contributed by atoms with Crippen molar-refractivity contribution in [1.82, 2.24) is 19.7 Å². The number of aromatic nitrogens is 3. The number of rotatable bonds is 4. The minimum atomic E-state index is -4.51. The summed E-state index contributed by atoms with van der Waals surface area (Å²) >= 11 is 0. The summed E-state index contributed by atoms with van der Waals surface area (Å²) in [6, 6.07) is 7.74. The number of anilines is 1. The zero-order valence-corrected chi connectivity index (χ0v) is 15.1. The number of ether oxygens (including phenoxy) is 1. The topological polar surface area (TPSA) is 69.2 Å². The molecule has 0 saturated carbocycles. The predicted molar refractivity (Wildman–Crippen MR) is 99.6 cm³/mol. The molecule has 6 nitrogen and oxygen atoms in total. The predicted octanol–water partition coefficient (Wildman–Crippen LogP) is 3.03. The number of hydrogen-bond acceptors (Lipinski definition) is 5. The highest BCUT2D eigenvalue weighted by atomic mass is 19.4. The van der Waals surface area contributed by atoms with E-state index in [4.69, 9.17) is 10.5 Å². The van der Waals surface area contributed by atoms with Gasteiger partial charge in [-0.25, -0.2) is 9.67 Å². The van der Waals surface area contributed by atoms with Gasteiger partial charge in [-0.05, 0) is 18.2 Å². The van der Waals surface area contributed by atoms with Crippen molar-refractivity contribution < 1.29 is 17.9 Å². The SMILES string of the molecule is Nc1cccc(-c2cc(C(F)(F)F)c3cnn(CCN4CCOCC4)c3n2)c1. The molecule has 9 heteroatoms. The largest absolute Gasteiger partial charge is 0.417 e. The maximum atomic E-state index is 13.7. The third-order valence-corrected chi connectivity index (χ3v) is 4.83. The summed E-state index contributed by atoms with van der Waals surface area (Å²) < 4.78 is 47.9. The molecular formula is C19H20F3N5O. The van der Waals surface area contributed by atoms with Crippen molar-refractivity contribution in [3.05, 3.63) is 42.1 Å². The van der Waals surface area contributed by atoms with Crippen molar-refractivity contribution in [3.8, 4) is 11.3 Å². The number of nitrogens with two attached hydrogens (primary N) is 1. The van der Waals surface area contributed by atoms with Crippen LogP contribution in [0.2, 0.25) is 0 Å². The second kappa shape index (κ2) is 7.40. The first-order chi connectivity index (χ1) is 13.4. The van der Waals surface area contributed by atoms with Gasteiger partial charge in [0.05, 0.1) is 42.6 Å². The average Bonchev–Trinajstić information content (AvgIpc) is 3.08. The molecule has 4 rings (SSSR count). The average molecular weight is 391 g/mol. The Morgan fingerprint density at radius 3 is 2.61 bits per heavy atom. The van der Waals surface area contributed by atoms with Crippen molar-refractivity contribution >= 4 is 16.7 Å². The molecule has 3 aromatic rings. The van der Waals surface area contributed by atoms with Gasteiger partial charge in [0.2, 0.25) is 0 Å². The molecule has 28 heavy (non-hydrogen) atoms. The van der Waals surface area contributed by atoms with E-state index < -0.39 is 11.7 Å². The molecule has 1 aromatic carbocycles. The number of hydrogen-bond donors (Lipinski definition) is 1. The van der Waals surface area contributed by atoms with Gasteiger partial charge in [-0.15, -0.1) is 0 Å². The fourth-order valence-electron chi connectivity index (χ4n) is 3.35. The standard InChI is InChI=1S/C19H20F3N5O/c20-19(21,22)16-11-17(13-2-1-3-14(23)10-13)25-18-15(16)12-24-27(18)5-4-26-6-8-28-9-7-26/h1-3,10-12H,4-9,23H2. The van der Waals surface area contributed by atoms with Crippen LogP contribution >= 0.6 is 0 Å². The molecule has 0 bridgehead atoms. The fraction of sp³-hybridized carbons (Fsp3) is 0.368. The zero-order chi connectivity index (χ0) is 19.7. The van der Waals surface area contributed by atoms with E-state index in [0.29, 0.717) is 37.6 Å². The maximum Gasteiger partial charge on any atom is 0.417 e. The monoisotopic (exact) mass is 391 g/mol. The Morgan fingerprint density at radius 2 is 1.89 bits per heavy atom. The van der Waals surface area contributed by atoms with Gasteiger partial charge >= 0.3 is 6.18 Å². The van der Waals surface area contributed by atoms with Crippen molar-refractivity contribution in [3.63, 3.8) is 0 Å². The van der Waals surface area contributed by atoms with E-state index in [1.807, 2.05) is 0 Å². The molecule has 3 heterocycles. The smallest absolute Gasteiger partial charge is 0.399 e. The van der Waals surface area contributed by atoms with E-state index in [-0.39, 0.29) is 16.7 Å². The molecule has 1 saturated heterocycles. The van der Waals surface area contributed by atoms with Gasteiger partial charge in [-0.2, -0.15) is 18.3 Å². The minimum absolute atomic E-state index is 0.00197. The van der Waals surface area contributed by atoms with Gasteiger partial charge in [0.15, 0.2) is 5.65 Å². The van der Waals surface area contributed by atoms with Crippen molar-refractivity contribution in [2.45, 2.75) is 12.7 Å². The van der Waals surface area contributed by atoms with E-state index in [0.717, 1.165) is 19.2 Å². The molecule has 2 N–H and O–H groups in total. The maximum absolute atomic E-state index is 13.7. The van der Waals surface area contributed by atoms with Crippen LogP contribution in [0.25, 0.3) is 22.3 Å². The van der Waals surface area contributed by atoms with Gasteiger partial charge < -0.3 is 10.5 Å². The summed E-state index contributed by atoms with van der Waals surface area (Å²) in [6.45, 7) is 4.05. The highest BCUT2D eigenvalue weighted by Crippen LogP contribution is 2.36. The first-order valence-corrected chi connectivity index (χ1v) is 9.01. The van der Waals surface area contributed by atoms with Crippen LogP contribution in [-0.4, -0.2) is 52.5 Å². The lowest BCUT2D eigenvalue weighted by Crippen LogP contribution is -2.38. The number of benzene rings is 1. The van der Waals surface area contributed by atoms with Crippen molar-refractivity contribution in [2.75, 3.05) is 38.6 Å². The summed E-state index contributed by atoms with van der Waals surface area (Å²) in [5, 5.41) is 4.18. The normalized spacial score (nSPS) is 16.0. The molecule has 0 unspecified atom stereocenters. The Hall–Kier alpha value is -2.65.